The largest absolute Gasteiger partial charge is 0.497 e. The van der Waals surface area contributed by atoms with Gasteiger partial charge in [0, 0.05) is 11.1 Å². The highest BCUT2D eigenvalue weighted by atomic mass is 79.9. The zero-order valence-corrected chi connectivity index (χ0v) is 16.8. The van der Waals surface area contributed by atoms with Crippen LogP contribution in [0.1, 0.15) is 31.8 Å². The van der Waals surface area contributed by atoms with E-state index in [0.29, 0.717) is 11.1 Å². The molecule has 0 N–H and O–H groups in total. The van der Waals surface area contributed by atoms with Crippen LogP contribution in [0, 0.1) is 5.92 Å². The topological polar surface area (TPSA) is 43.4 Å². The SMILES string of the molecule is COc1ccc([C@@]2(c3ccccc3)[C@@H]3C(=O)c4ccccc4C(=O)[C@@]32Br)cc1. The summed E-state index contributed by atoms with van der Waals surface area (Å²) < 4.78 is 4.31. The number of alkyl halides is 1. The molecule has 0 heterocycles. The molecule has 0 radical (unpaired) electrons. The Labute approximate surface area is 171 Å². The van der Waals surface area contributed by atoms with Gasteiger partial charge in [-0.05, 0) is 23.3 Å². The van der Waals surface area contributed by atoms with E-state index in [0.717, 1.165) is 16.9 Å². The quantitative estimate of drug-likeness (QED) is 0.557. The van der Waals surface area contributed by atoms with Crippen molar-refractivity contribution in [2.75, 3.05) is 7.11 Å². The normalized spacial score (nSPS) is 27.7. The van der Waals surface area contributed by atoms with E-state index in [2.05, 4.69) is 15.9 Å². The second kappa shape index (κ2) is 5.89. The minimum atomic E-state index is -0.985. The van der Waals surface area contributed by atoms with Crippen molar-refractivity contribution in [3.63, 3.8) is 0 Å². The van der Waals surface area contributed by atoms with Crippen LogP contribution < -0.4 is 4.74 Å². The monoisotopic (exact) mass is 432 g/mol. The summed E-state index contributed by atoms with van der Waals surface area (Å²) in [6.45, 7) is 0. The predicted octanol–water partition coefficient (Wildman–Crippen LogP) is 4.82. The van der Waals surface area contributed by atoms with E-state index in [1.165, 1.54) is 0 Å². The zero-order valence-electron chi connectivity index (χ0n) is 15.2. The number of Topliss-reactive ketones (excluding diaryl/α,β-unsaturated/α-hetero) is 2. The average Bonchev–Trinajstić information content (AvgIpc) is 3.35. The molecular weight excluding hydrogens is 416 g/mol. The number of carbonyl (C=O) groups is 2. The van der Waals surface area contributed by atoms with Gasteiger partial charge in [0.05, 0.1) is 18.4 Å². The van der Waals surface area contributed by atoms with Gasteiger partial charge < -0.3 is 4.74 Å². The maximum Gasteiger partial charge on any atom is 0.182 e. The van der Waals surface area contributed by atoms with Crippen molar-refractivity contribution in [3.05, 3.63) is 101 Å². The Morgan fingerprint density at radius 2 is 1.36 bits per heavy atom. The molecule has 28 heavy (non-hydrogen) atoms. The molecule has 5 rings (SSSR count). The minimum Gasteiger partial charge on any atom is -0.497 e. The predicted molar refractivity (Wildman–Crippen MR) is 110 cm³/mol. The van der Waals surface area contributed by atoms with Crippen molar-refractivity contribution in [2.45, 2.75) is 9.74 Å². The molecule has 4 heteroatoms. The van der Waals surface area contributed by atoms with Crippen molar-refractivity contribution in [3.8, 4) is 5.75 Å². The molecule has 0 amide bonds. The maximum absolute atomic E-state index is 13.6. The molecular formula is C24H17BrO3. The summed E-state index contributed by atoms with van der Waals surface area (Å²) in [6, 6.07) is 24.6. The highest BCUT2D eigenvalue weighted by Gasteiger charge is 2.84. The summed E-state index contributed by atoms with van der Waals surface area (Å²) in [4.78, 5) is 27.1. The third-order valence-corrected chi connectivity index (χ3v) is 7.57. The van der Waals surface area contributed by atoms with Crippen LogP contribution in [0.4, 0.5) is 0 Å². The Kier molecular flexibility index (Phi) is 3.65. The minimum absolute atomic E-state index is 0.00625. The first kappa shape index (κ1) is 17.4. The average molecular weight is 433 g/mol. The van der Waals surface area contributed by atoms with Gasteiger partial charge in [-0.1, -0.05) is 82.7 Å². The molecule has 2 aliphatic carbocycles. The lowest BCUT2D eigenvalue weighted by molar-refractivity contribution is 0.0893. The van der Waals surface area contributed by atoms with Gasteiger partial charge in [-0.15, -0.1) is 0 Å². The van der Waals surface area contributed by atoms with Crippen molar-refractivity contribution >= 4 is 27.5 Å². The first-order valence-electron chi connectivity index (χ1n) is 9.14. The molecule has 0 saturated heterocycles. The summed E-state index contributed by atoms with van der Waals surface area (Å²) in [7, 11) is 1.62. The van der Waals surface area contributed by atoms with Crippen LogP contribution in [0.2, 0.25) is 0 Å². The molecule has 0 aromatic heterocycles. The summed E-state index contributed by atoms with van der Waals surface area (Å²) >= 11 is 3.77. The first-order chi connectivity index (χ1) is 13.6. The highest BCUT2D eigenvalue weighted by molar-refractivity contribution is 9.10. The van der Waals surface area contributed by atoms with Gasteiger partial charge in [0.15, 0.2) is 11.6 Å². The van der Waals surface area contributed by atoms with E-state index in [1.807, 2.05) is 60.7 Å². The Morgan fingerprint density at radius 3 is 2.00 bits per heavy atom. The number of hydrogen-bond acceptors (Lipinski definition) is 3. The number of hydrogen-bond donors (Lipinski definition) is 0. The van der Waals surface area contributed by atoms with Gasteiger partial charge in [-0.2, -0.15) is 0 Å². The summed E-state index contributed by atoms with van der Waals surface area (Å²) in [6.07, 6.45) is 0. The number of rotatable bonds is 3. The second-order valence-electron chi connectivity index (χ2n) is 7.29. The van der Waals surface area contributed by atoms with E-state index in [9.17, 15) is 9.59 Å². The lowest BCUT2D eigenvalue weighted by atomic mass is 9.83. The third kappa shape index (κ3) is 1.93. The lowest BCUT2D eigenvalue weighted by Crippen LogP contribution is -2.31. The van der Waals surface area contributed by atoms with Gasteiger partial charge in [0.25, 0.3) is 0 Å². The van der Waals surface area contributed by atoms with Crippen LogP contribution in [0.25, 0.3) is 0 Å². The van der Waals surface area contributed by atoms with E-state index < -0.39 is 15.7 Å². The molecule has 3 aromatic rings. The number of fused-ring (bicyclic) bond motifs is 2. The smallest absolute Gasteiger partial charge is 0.182 e. The molecule has 0 unspecified atom stereocenters. The number of halogens is 1. The number of carbonyl (C=O) groups excluding carboxylic acids is 2. The summed E-state index contributed by atoms with van der Waals surface area (Å²) in [5, 5.41) is 0. The van der Waals surface area contributed by atoms with E-state index >= 15 is 0 Å². The Balaban J connectivity index is 1.79. The molecule has 0 spiro atoms. The van der Waals surface area contributed by atoms with Gasteiger partial charge in [0.2, 0.25) is 0 Å². The molecule has 138 valence electrons. The van der Waals surface area contributed by atoms with Crippen LogP contribution in [0.3, 0.4) is 0 Å². The van der Waals surface area contributed by atoms with Crippen LogP contribution in [0.15, 0.2) is 78.9 Å². The Bertz CT molecular complexity index is 1110. The van der Waals surface area contributed by atoms with Crippen molar-refractivity contribution in [2.24, 2.45) is 5.92 Å². The van der Waals surface area contributed by atoms with Crippen LogP contribution >= 0.6 is 15.9 Å². The Morgan fingerprint density at radius 1 is 0.786 bits per heavy atom. The zero-order chi connectivity index (χ0) is 19.5. The third-order valence-electron chi connectivity index (χ3n) is 6.13. The molecule has 0 bridgehead atoms. The number of ketones is 2. The molecule has 3 atom stereocenters. The van der Waals surface area contributed by atoms with Crippen molar-refractivity contribution in [1.82, 2.24) is 0 Å². The summed E-state index contributed by atoms with van der Waals surface area (Å²) in [5.41, 5.74) is 2.13. The molecule has 2 aliphatic rings. The Hall–Kier alpha value is -2.72. The fourth-order valence-electron chi connectivity index (χ4n) is 4.85. The fourth-order valence-corrected chi connectivity index (χ4v) is 6.19. The van der Waals surface area contributed by atoms with Gasteiger partial charge in [-0.3, -0.25) is 9.59 Å². The highest BCUT2D eigenvalue weighted by Crippen LogP contribution is 2.74. The summed E-state index contributed by atoms with van der Waals surface area (Å²) in [5.74, 6) is 0.220. The molecule has 0 aliphatic heterocycles. The first-order valence-corrected chi connectivity index (χ1v) is 9.93. The van der Waals surface area contributed by atoms with Crippen LogP contribution in [0.5, 0.6) is 5.75 Å². The number of benzene rings is 3. The van der Waals surface area contributed by atoms with E-state index in [-0.39, 0.29) is 11.6 Å². The maximum atomic E-state index is 13.6. The van der Waals surface area contributed by atoms with E-state index in [1.54, 1.807) is 25.3 Å². The van der Waals surface area contributed by atoms with Gasteiger partial charge in [-0.25, -0.2) is 0 Å². The second-order valence-corrected chi connectivity index (χ2v) is 8.54. The van der Waals surface area contributed by atoms with Crippen molar-refractivity contribution in [1.29, 1.82) is 0 Å². The standard InChI is InChI=1S/C24H17BrO3/c1-28-17-13-11-16(12-14-17)23(15-7-3-2-4-8-15)21-20(26)18-9-5-6-10-19(18)22(27)24(21,23)25/h2-14,21H,1H3/t21-,23-,24-/m0/s1. The molecule has 3 nitrogen and oxygen atoms in total. The lowest BCUT2D eigenvalue weighted by Gasteiger charge is -2.22. The molecule has 1 saturated carbocycles. The molecule has 3 aromatic carbocycles. The number of ether oxygens (including phenoxy) is 1. The van der Waals surface area contributed by atoms with Gasteiger partial charge in [0.1, 0.15) is 10.1 Å². The van der Waals surface area contributed by atoms with Gasteiger partial charge >= 0.3 is 0 Å². The van der Waals surface area contributed by atoms with E-state index in [4.69, 9.17) is 4.74 Å². The van der Waals surface area contributed by atoms with Crippen LogP contribution in [-0.4, -0.2) is 23.0 Å². The van der Waals surface area contributed by atoms with Crippen molar-refractivity contribution < 1.29 is 14.3 Å². The molecule has 1 fully saturated rings. The fraction of sp³-hybridized carbons (Fsp3) is 0.167. The number of methoxy groups -OCH3 is 1. The van der Waals surface area contributed by atoms with Crippen LogP contribution in [-0.2, 0) is 5.41 Å².